The molecule has 0 spiro atoms. The van der Waals surface area contributed by atoms with E-state index in [-0.39, 0.29) is 12.1 Å². The molecule has 1 saturated carbocycles. The van der Waals surface area contributed by atoms with E-state index in [0.717, 1.165) is 12.8 Å². The summed E-state index contributed by atoms with van der Waals surface area (Å²) in [5.74, 6) is 0. The Kier molecular flexibility index (Phi) is 5.60. The molecule has 1 atom stereocenters. The maximum absolute atomic E-state index is 11.8. The normalized spacial score (nSPS) is 18.4. The van der Waals surface area contributed by atoms with Gasteiger partial charge in [0.2, 0.25) is 0 Å². The first-order valence-electron chi connectivity index (χ1n) is 6.27. The fraction of sp³-hybridized carbons (Fsp3) is 0.917. The Hall–Kier alpha value is -0.770. The van der Waals surface area contributed by atoms with Crippen LogP contribution in [0.3, 0.4) is 0 Å². The third kappa shape index (κ3) is 4.00. The Labute approximate surface area is 98.3 Å². The lowest BCUT2D eigenvalue weighted by Crippen LogP contribution is -2.44. The maximum atomic E-state index is 11.8. The average Bonchev–Trinajstić information content (AvgIpc) is 2.78. The Morgan fingerprint density at radius 3 is 2.69 bits per heavy atom. The van der Waals surface area contributed by atoms with Crippen molar-refractivity contribution >= 4 is 6.03 Å². The maximum Gasteiger partial charge on any atom is 0.317 e. The van der Waals surface area contributed by atoms with Crippen molar-refractivity contribution in [2.75, 3.05) is 20.2 Å². The van der Waals surface area contributed by atoms with Crippen LogP contribution in [0.4, 0.5) is 4.79 Å². The van der Waals surface area contributed by atoms with Gasteiger partial charge in [-0.25, -0.2) is 4.79 Å². The van der Waals surface area contributed by atoms with Crippen LogP contribution < -0.4 is 5.32 Å². The zero-order chi connectivity index (χ0) is 12.0. The summed E-state index contributed by atoms with van der Waals surface area (Å²) in [6.07, 6.45) is 4.87. The molecular weight excluding hydrogens is 204 g/mol. The second-order valence-corrected chi connectivity index (χ2v) is 4.50. The van der Waals surface area contributed by atoms with Crippen LogP contribution in [-0.2, 0) is 4.74 Å². The van der Waals surface area contributed by atoms with Gasteiger partial charge in [-0.15, -0.1) is 0 Å². The number of carbonyl (C=O) groups is 1. The fourth-order valence-electron chi connectivity index (χ4n) is 2.16. The molecule has 4 heteroatoms. The summed E-state index contributed by atoms with van der Waals surface area (Å²) in [5, 5.41) is 2.91. The Morgan fingerprint density at radius 2 is 2.12 bits per heavy atom. The zero-order valence-corrected chi connectivity index (χ0v) is 10.7. The van der Waals surface area contributed by atoms with Crippen LogP contribution >= 0.6 is 0 Å². The van der Waals surface area contributed by atoms with Gasteiger partial charge in [0.25, 0.3) is 0 Å². The lowest BCUT2D eigenvalue weighted by molar-refractivity contribution is 0.0759. The van der Waals surface area contributed by atoms with Crippen molar-refractivity contribution in [3.63, 3.8) is 0 Å². The monoisotopic (exact) mass is 228 g/mol. The summed E-state index contributed by atoms with van der Waals surface area (Å²) in [5.41, 5.74) is 0. The molecule has 1 aliphatic carbocycles. The number of carbonyl (C=O) groups excluding carboxylic acids is 1. The minimum atomic E-state index is 0.0263. The van der Waals surface area contributed by atoms with Crippen molar-refractivity contribution in [2.45, 2.75) is 51.7 Å². The van der Waals surface area contributed by atoms with E-state index in [1.165, 1.54) is 12.8 Å². The predicted octanol–water partition coefficient (Wildman–Crippen LogP) is 2.00. The molecule has 0 aromatic rings. The highest BCUT2D eigenvalue weighted by atomic mass is 16.5. The van der Waals surface area contributed by atoms with Gasteiger partial charge in [0.1, 0.15) is 0 Å². The highest BCUT2D eigenvalue weighted by Crippen LogP contribution is 2.22. The molecular formula is C12H24N2O2. The van der Waals surface area contributed by atoms with Crippen LogP contribution in [0.2, 0.25) is 0 Å². The van der Waals surface area contributed by atoms with Gasteiger partial charge in [0.15, 0.2) is 0 Å². The first-order valence-corrected chi connectivity index (χ1v) is 6.27. The van der Waals surface area contributed by atoms with E-state index in [9.17, 15) is 4.79 Å². The van der Waals surface area contributed by atoms with Crippen LogP contribution in [0.5, 0.6) is 0 Å². The van der Waals surface area contributed by atoms with Gasteiger partial charge < -0.3 is 15.0 Å². The van der Waals surface area contributed by atoms with E-state index in [1.54, 1.807) is 0 Å². The second-order valence-electron chi connectivity index (χ2n) is 4.50. The molecule has 0 bridgehead atoms. The van der Waals surface area contributed by atoms with Gasteiger partial charge >= 0.3 is 6.03 Å². The molecule has 0 saturated heterocycles. The topological polar surface area (TPSA) is 41.6 Å². The molecule has 0 heterocycles. The third-order valence-corrected chi connectivity index (χ3v) is 3.18. The average molecular weight is 228 g/mol. The van der Waals surface area contributed by atoms with Gasteiger partial charge in [0, 0.05) is 26.2 Å². The fourth-order valence-corrected chi connectivity index (χ4v) is 2.16. The largest absolute Gasteiger partial charge is 0.377 e. The van der Waals surface area contributed by atoms with Gasteiger partial charge in [-0.1, -0.05) is 12.8 Å². The number of amides is 2. The number of rotatable bonds is 5. The Morgan fingerprint density at radius 1 is 1.50 bits per heavy atom. The van der Waals surface area contributed by atoms with E-state index in [0.29, 0.717) is 19.2 Å². The van der Waals surface area contributed by atoms with E-state index in [1.807, 2.05) is 25.8 Å². The molecule has 0 aliphatic heterocycles. The van der Waals surface area contributed by atoms with Crippen molar-refractivity contribution < 1.29 is 9.53 Å². The summed E-state index contributed by atoms with van der Waals surface area (Å²) >= 11 is 0. The molecule has 1 aliphatic rings. The van der Waals surface area contributed by atoms with Crippen LogP contribution in [0.1, 0.15) is 39.5 Å². The molecule has 4 nitrogen and oxygen atoms in total. The predicted molar refractivity (Wildman–Crippen MR) is 64.5 cm³/mol. The number of ether oxygens (including phenoxy) is 1. The van der Waals surface area contributed by atoms with Crippen LogP contribution in [0.25, 0.3) is 0 Å². The molecule has 0 aromatic carbocycles. The molecule has 0 radical (unpaired) electrons. The molecule has 16 heavy (non-hydrogen) atoms. The zero-order valence-electron chi connectivity index (χ0n) is 10.7. The SMILES string of the molecule is CCOC(C)CNC(=O)N(C)C1CCCC1. The standard InChI is InChI=1S/C12H24N2O2/c1-4-16-10(2)9-13-12(15)14(3)11-7-5-6-8-11/h10-11H,4-9H2,1-3H3,(H,13,15). The van der Waals surface area contributed by atoms with E-state index in [4.69, 9.17) is 4.74 Å². The highest BCUT2D eigenvalue weighted by Gasteiger charge is 2.23. The molecule has 94 valence electrons. The van der Waals surface area contributed by atoms with E-state index < -0.39 is 0 Å². The lowest BCUT2D eigenvalue weighted by Gasteiger charge is -2.25. The first-order chi connectivity index (χ1) is 7.65. The Bertz CT molecular complexity index is 215. The van der Waals surface area contributed by atoms with Crippen molar-refractivity contribution in [1.82, 2.24) is 10.2 Å². The lowest BCUT2D eigenvalue weighted by atomic mass is 10.2. The minimum Gasteiger partial charge on any atom is -0.377 e. The van der Waals surface area contributed by atoms with Gasteiger partial charge in [-0.3, -0.25) is 0 Å². The second kappa shape index (κ2) is 6.74. The number of urea groups is 1. The third-order valence-electron chi connectivity index (χ3n) is 3.18. The molecule has 2 amide bonds. The summed E-state index contributed by atoms with van der Waals surface area (Å²) in [4.78, 5) is 13.6. The van der Waals surface area contributed by atoms with Gasteiger partial charge in [-0.2, -0.15) is 0 Å². The minimum absolute atomic E-state index is 0.0263. The van der Waals surface area contributed by atoms with Crippen molar-refractivity contribution in [3.05, 3.63) is 0 Å². The number of nitrogens with one attached hydrogen (secondary N) is 1. The highest BCUT2D eigenvalue weighted by molar-refractivity contribution is 5.74. The van der Waals surface area contributed by atoms with Crippen LogP contribution in [-0.4, -0.2) is 43.3 Å². The summed E-state index contributed by atoms with van der Waals surface area (Å²) < 4.78 is 5.36. The van der Waals surface area contributed by atoms with E-state index in [2.05, 4.69) is 5.32 Å². The molecule has 1 N–H and O–H groups in total. The van der Waals surface area contributed by atoms with Gasteiger partial charge in [-0.05, 0) is 26.7 Å². The number of hydrogen-bond donors (Lipinski definition) is 1. The molecule has 0 aromatic heterocycles. The smallest absolute Gasteiger partial charge is 0.317 e. The summed E-state index contributed by atoms with van der Waals surface area (Å²) in [6, 6.07) is 0.459. The van der Waals surface area contributed by atoms with Gasteiger partial charge in [0.05, 0.1) is 6.10 Å². The van der Waals surface area contributed by atoms with Crippen LogP contribution in [0, 0.1) is 0 Å². The van der Waals surface area contributed by atoms with E-state index >= 15 is 0 Å². The van der Waals surface area contributed by atoms with Crippen molar-refractivity contribution in [3.8, 4) is 0 Å². The van der Waals surface area contributed by atoms with Crippen molar-refractivity contribution in [2.24, 2.45) is 0 Å². The first kappa shape index (κ1) is 13.3. The molecule has 1 fully saturated rings. The molecule has 1 unspecified atom stereocenters. The van der Waals surface area contributed by atoms with Crippen molar-refractivity contribution in [1.29, 1.82) is 0 Å². The number of nitrogens with zero attached hydrogens (tertiary/aromatic N) is 1. The quantitative estimate of drug-likeness (QED) is 0.782. The summed E-state index contributed by atoms with van der Waals surface area (Å²) in [7, 11) is 1.89. The molecule has 1 rings (SSSR count). The number of hydrogen-bond acceptors (Lipinski definition) is 2. The Balaban J connectivity index is 2.23. The van der Waals surface area contributed by atoms with Crippen LogP contribution in [0.15, 0.2) is 0 Å². The summed E-state index contributed by atoms with van der Waals surface area (Å²) in [6.45, 7) is 5.21.